The number of hydrogen-bond acceptors (Lipinski definition) is 2. The second-order valence-corrected chi connectivity index (χ2v) is 3.79. The smallest absolute Gasteiger partial charge is 0.123 e. The van der Waals surface area contributed by atoms with Crippen molar-refractivity contribution in [3.8, 4) is 5.75 Å². The van der Waals surface area contributed by atoms with E-state index in [9.17, 15) is 5.11 Å². The fourth-order valence-corrected chi connectivity index (χ4v) is 1.99. The van der Waals surface area contributed by atoms with Crippen molar-refractivity contribution in [2.24, 2.45) is 0 Å². The predicted octanol–water partition coefficient (Wildman–Crippen LogP) is 3.52. The minimum atomic E-state index is 0.281. The second-order valence-electron chi connectivity index (χ2n) is 3.01. The molecule has 0 atom stereocenters. The molecule has 1 aromatic heterocycles. The van der Waals surface area contributed by atoms with Crippen LogP contribution >= 0.6 is 11.3 Å². The lowest BCUT2D eigenvalue weighted by Gasteiger charge is -2.05. The topological polar surface area (TPSA) is 20.2 Å². The highest BCUT2D eigenvalue weighted by atomic mass is 32.1. The van der Waals surface area contributed by atoms with Crippen LogP contribution in [-0.2, 0) is 0 Å². The molecule has 14 heavy (non-hydrogen) atoms. The molecule has 0 aliphatic rings. The lowest BCUT2D eigenvalue weighted by molar-refractivity contribution is 0.473. The van der Waals surface area contributed by atoms with Gasteiger partial charge < -0.3 is 5.11 Å². The van der Waals surface area contributed by atoms with Gasteiger partial charge in [0.2, 0.25) is 0 Å². The first kappa shape index (κ1) is 9.03. The molecule has 70 valence electrons. The van der Waals surface area contributed by atoms with Gasteiger partial charge in [0.15, 0.2) is 0 Å². The lowest BCUT2D eigenvalue weighted by atomic mass is 10.0. The maximum absolute atomic E-state index is 9.62. The van der Waals surface area contributed by atoms with E-state index >= 15 is 0 Å². The Balaban J connectivity index is 2.42. The Morgan fingerprint density at radius 3 is 2.64 bits per heavy atom. The van der Waals surface area contributed by atoms with Crippen LogP contribution in [0.1, 0.15) is 11.1 Å². The molecule has 1 N–H and O–H groups in total. The summed E-state index contributed by atoms with van der Waals surface area (Å²) in [4.78, 5) is 0. The van der Waals surface area contributed by atoms with Gasteiger partial charge in [-0.25, -0.2) is 0 Å². The van der Waals surface area contributed by atoms with Crippen molar-refractivity contribution in [1.82, 2.24) is 0 Å². The molecule has 0 amide bonds. The summed E-state index contributed by atoms with van der Waals surface area (Å²) in [6.07, 6.45) is 0. The molecule has 0 saturated heterocycles. The van der Waals surface area contributed by atoms with E-state index in [-0.39, 0.29) is 5.75 Å². The third-order valence-electron chi connectivity index (χ3n) is 2.10. The Morgan fingerprint density at radius 1 is 1.21 bits per heavy atom. The van der Waals surface area contributed by atoms with Gasteiger partial charge in [-0.15, -0.1) is 0 Å². The molecule has 0 unspecified atom stereocenters. The van der Waals surface area contributed by atoms with Crippen LogP contribution in [0.4, 0.5) is 0 Å². The van der Waals surface area contributed by atoms with E-state index in [1.807, 2.05) is 29.0 Å². The summed E-state index contributed by atoms with van der Waals surface area (Å²) in [6.45, 7) is 3.97. The summed E-state index contributed by atoms with van der Waals surface area (Å²) in [5, 5.41) is 13.6. The molecular formula is C12H10OS. The van der Waals surface area contributed by atoms with Crippen LogP contribution in [0.2, 0.25) is 0 Å². The summed E-state index contributed by atoms with van der Waals surface area (Å²) < 4.78 is 0. The summed E-state index contributed by atoms with van der Waals surface area (Å²) in [6, 6.07) is 9.24. The fraction of sp³-hybridized carbons (Fsp3) is 0. The minimum absolute atomic E-state index is 0.281. The molecule has 0 aliphatic heterocycles. The SMILES string of the molecule is C=C(c1ccsc1)c1ccccc1O. The Kier molecular flexibility index (Phi) is 2.37. The zero-order valence-corrected chi connectivity index (χ0v) is 8.42. The third-order valence-corrected chi connectivity index (χ3v) is 2.78. The fourth-order valence-electron chi connectivity index (χ4n) is 1.32. The Morgan fingerprint density at radius 2 is 2.00 bits per heavy atom. The molecule has 0 fully saturated rings. The quantitative estimate of drug-likeness (QED) is 0.790. The summed E-state index contributed by atoms with van der Waals surface area (Å²) in [7, 11) is 0. The van der Waals surface area contributed by atoms with E-state index in [0.29, 0.717) is 0 Å². The molecule has 1 heterocycles. The molecular weight excluding hydrogens is 192 g/mol. The van der Waals surface area contributed by atoms with Crippen LogP contribution in [0.25, 0.3) is 5.57 Å². The van der Waals surface area contributed by atoms with E-state index in [2.05, 4.69) is 6.58 Å². The van der Waals surface area contributed by atoms with Crippen molar-refractivity contribution in [2.45, 2.75) is 0 Å². The number of benzene rings is 1. The molecule has 1 nitrogen and oxygen atoms in total. The van der Waals surface area contributed by atoms with Gasteiger partial charge in [-0.3, -0.25) is 0 Å². The molecule has 0 saturated carbocycles. The van der Waals surface area contributed by atoms with E-state index in [0.717, 1.165) is 16.7 Å². The average molecular weight is 202 g/mol. The van der Waals surface area contributed by atoms with Crippen molar-refractivity contribution in [1.29, 1.82) is 0 Å². The van der Waals surface area contributed by atoms with Crippen molar-refractivity contribution in [3.05, 3.63) is 58.8 Å². The normalized spacial score (nSPS) is 10.0. The van der Waals surface area contributed by atoms with Gasteiger partial charge in [-0.2, -0.15) is 11.3 Å². The van der Waals surface area contributed by atoms with Crippen LogP contribution in [-0.4, -0.2) is 5.11 Å². The van der Waals surface area contributed by atoms with Crippen molar-refractivity contribution in [2.75, 3.05) is 0 Å². The molecule has 0 aliphatic carbocycles. The zero-order chi connectivity index (χ0) is 9.97. The van der Waals surface area contributed by atoms with Gasteiger partial charge >= 0.3 is 0 Å². The highest BCUT2D eigenvalue weighted by Crippen LogP contribution is 2.29. The Hall–Kier alpha value is -1.54. The first-order valence-electron chi connectivity index (χ1n) is 4.29. The maximum Gasteiger partial charge on any atom is 0.123 e. The van der Waals surface area contributed by atoms with E-state index in [1.54, 1.807) is 23.5 Å². The number of phenols is 1. The second kappa shape index (κ2) is 3.68. The minimum Gasteiger partial charge on any atom is -0.507 e. The van der Waals surface area contributed by atoms with Gasteiger partial charge in [0.05, 0.1) is 0 Å². The number of aromatic hydroxyl groups is 1. The largest absolute Gasteiger partial charge is 0.507 e. The Labute approximate surface area is 87.0 Å². The molecule has 0 bridgehead atoms. The van der Waals surface area contributed by atoms with Gasteiger partial charge in [0, 0.05) is 5.56 Å². The van der Waals surface area contributed by atoms with Gasteiger partial charge in [0.1, 0.15) is 5.75 Å². The molecule has 2 heteroatoms. The molecule has 2 rings (SSSR count). The van der Waals surface area contributed by atoms with Crippen LogP contribution in [0.5, 0.6) is 5.75 Å². The highest BCUT2D eigenvalue weighted by molar-refractivity contribution is 7.08. The van der Waals surface area contributed by atoms with Gasteiger partial charge in [-0.1, -0.05) is 24.8 Å². The number of rotatable bonds is 2. The van der Waals surface area contributed by atoms with Crippen LogP contribution < -0.4 is 0 Å². The molecule has 0 spiro atoms. The summed E-state index contributed by atoms with van der Waals surface area (Å²) in [5.41, 5.74) is 2.73. The highest BCUT2D eigenvalue weighted by Gasteiger charge is 2.06. The average Bonchev–Trinajstić information content (AvgIpc) is 2.70. The van der Waals surface area contributed by atoms with Crippen molar-refractivity contribution < 1.29 is 5.11 Å². The van der Waals surface area contributed by atoms with E-state index in [1.165, 1.54) is 0 Å². The first-order chi connectivity index (χ1) is 6.79. The van der Waals surface area contributed by atoms with Crippen molar-refractivity contribution >= 4 is 16.9 Å². The molecule has 0 radical (unpaired) electrons. The molecule has 1 aromatic carbocycles. The number of thiophene rings is 1. The Bertz CT molecular complexity index is 443. The number of hydrogen-bond donors (Lipinski definition) is 1. The first-order valence-corrected chi connectivity index (χ1v) is 5.23. The number of phenolic OH excluding ortho intramolecular Hbond substituents is 1. The van der Waals surface area contributed by atoms with E-state index in [4.69, 9.17) is 0 Å². The maximum atomic E-state index is 9.62. The van der Waals surface area contributed by atoms with Crippen LogP contribution in [0.15, 0.2) is 47.7 Å². The predicted molar refractivity (Wildman–Crippen MR) is 60.6 cm³/mol. The van der Waals surface area contributed by atoms with Crippen LogP contribution in [0, 0.1) is 0 Å². The third kappa shape index (κ3) is 1.56. The molecule has 2 aromatic rings. The van der Waals surface area contributed by atoms with Crippen LogP contribution in [0.3, 0.4) is 0 Å². The summed E-state index contributed by atoms with van der Waals surface area (Å²) in [5.74, 6) is 0.281. The zero-order valence-electron chi connectivity index (χ0n) is 7.60. The number of para-hydroxylation sites is 1. The van der Waals surface area contributed by atoms with Crippen molar-refractivity contribution in [3.63, 3.8) is 0 Å². The van der Waals surface area contributed by atoms with E-state index < -0.39 is 0 Å². The van der Waals surface area contributed by atoms with Gasteiger partial charge in [-0.05, 0) is 34.0 Å². The monoisotopic (exact) mass is 202 g/mol. The van der Waals surface area contributed by atoms with Gasteiger partial charge in [0.25, 0.3) is 0 Å². The standard InChI is InChI=1S/C12H10OS/c1-9(10-6-7-14-8-10)11-4-2-3-5-12(11)13/h2-8,13H,1H2. The summed E-state index contributed by atoms with van der Waals surface area (Å²) >= 11 is 1.63. The lowest BCUT2D eigenvalue weighted by Crippen LogP contribution is -1.83.